The number of esters is 1. The van der Waals surface area contributed by atoms with E-state index in [4.69, 9.17) is 0 Å². The molecule has 9 heteroatoms. The molecule has 0 saturated carbocycles. The van der Waals surface area contributed by atoms with Gasteiger partial charge >= 0.3 is 11.7 Å². The zero-order chi connectivity index (χ0) is 13.2. The van der Waals surface area contributed by atoms with Gasteiger partial charge in [0.1, 0.15) is 5.69 Å². The van der Waals surface area contributed by atoms with Crippen LogP contribution in [0.15, 0.2) is 6.20 Å². The quantitative estimate of drug-likeness (QED) is 0.464. The van der Waals surface area contributed by atoms with Crippen molar-refractivity contribution in [3.05, 3.63) is 33.4 Å². The molecule has 0 spiro atoms. The summed E-state index contributed by atoms with van der Waals surface area (Å²) < 4.78 is 42.0. The van der Waals surface area contributed by atoms with E-state index in [9.17, 15) is 28.1 Å². The van der Waals surface area contributed by atoms with Gasteiger partial charge in [0.25, 0.3) is 6.43 Å². The first kappa shape index (κ1) is 12.9. The van der Waals surface area contributed by atoms with Crippen molar-refractivity contribution in [2.24, 2.45) is 0 Å². The number of carbonyl (C=O) groups excluding carboxylic acids is 1. The summed E-state index contributed by atoms with van der Waals surface area (Å²) in [6, 6.07) is 0. The van der Waals surface area contributed by atoms with Crippen molar-refractivity contribution >= 4 is 11.7 Å². The molecule has 0 fully saturated rings. The van der Waals surface area contributed by atoms with Gasteiger partial charge in [-0.05, 0) is 0 Å². The number of halogens is 3. The second-order valence-electron chi connectivity index (χ2n) is 2.77. The standard InChI is InChI=1S/C8H5F3N2O4/c1-17-8(14)3-2-12-5(7(10)11)4(9)6(3)13(15)16/h2,7H,1H3. The Morgan fingerprint density at radius 1 is 1.59 bits per heavy atom. The topological polar surface area (TPSA) is 82.3 Å². The number of hydrogen-bond donors (Lipinski definition) is 0. The minimum atomic E-state index is -3.32. The molecule has 0 radical (unpaired) electrons. The average molecular weight is 250 g/mol. The van der Waals surface area contributed by atoms with Crippen molar-refractivity contribution in [2.45, 2.75) is 6.43 Å². The highest BCUT2D eigenvalue weighted by atomic mass is 19.3. The molecule has 17 heavy (non-hydrogen) atoms. The molecule has 92 valence electrons. The molecule has 1 aromatic heterocycles. The van der Waals surface area contributed by atoms with Gasteiger partial charge in [0.15, 0.2) is 5.56 Å². The minimum Gasteiger partial charge on any atom is -0.465 e. The summed E-state index contributed by atoms with van der Waals surface area (Å²) >= 11 is 0. The normalized spacial score (nSPS) is 10.4. The second kappa shape index (κ2) is 4.76. The van der Waals surface area contributed by atoms with Gasteiger partial charge in [-0.3, -0.25) is 15.1 Å². The highest BCUT2D eigenvalue weighted by Gasteiger charge is 2.32. The molecule has 1 aromatic rings. The molecule has 1 heterocycles. The van der Waals surface area contributed by atoms with Gasteiger partial charge in [0.05, 0.1) is 12.0 Å². The maximum absolute atomic E-state index is 13.3. The first-order valence-electron chi connectivity index (χ1n) is 4.09. The van der Waals surface area contributed by atoms with Crippen LogP contribution in [0.1, 0.15) is 22.5 Å². The molecule has 0 atom stereocenters. The van der Waals surface area contributed by atoms with Gasteiger partial charge < -0.3 is 4.74 Å². The van der Waals surface area contributed by atoms with Crippen molar-refractivity contribution < 1.29 is 27.6 Å². The smallest absolute Gasteiger partial charge is 0.346 e. The Bertz CT molecular complexity index is 478. The second-order valence-corrected chi connectivity index (χ2v) is 2.77. The van der Waals surface area contributed by atoms with Crippen LogP contribution in [0.25, 0.3) is 0 Å². The van der Waals surface area contributed by atoms with E-state index in [1.54, 1.807) is 0 Å². The van der Waals surface area contributed by atoms with Gasteiger partial charge in [-0.15, -0.1) is 0 Å². The van der Waals surface area contributed by atoms with Gasteiger partial charge in [-0.1, -0.05) is 0 Å². The Balaban J connectivity index is 3.50. The summed E-state index contributed by atoms with van der Waals surface area (Å²) in [7, 11) is 0.908. The summed E-state index contributed by atoms with van der Waals surface area (Å²) in [6.45, 7) is 0. The SMILES string of the molecule is COC(=O)c1cnc(C(F)F)c(F)c1[N+](=O)[O-]. The number of pyridine rings is 1. The lowest BCUT2D eigenvalue weighted by molar-refractivity contribution is -0.388. The number of aromatic nitrogens is 1. The van der Waals surface area contributed by atoms with E-state index in [1.165, 1.54) is 0 Å². The average Bonchev–Trinajstić information content (AvgIpc) is 2.26. The number of nitrogens with zero attached hydrogens (tertiary/aromatic N) is 2. The van der Waals surface area contributed by atoms with Crippen LogP contribution in [0.3, 0.4) is 0 Å². The van der Waals surface area contributed by atoms with Gasteiger partial charge in [0, 0.05) is 6.20 Å². The van der Waals surface area contributed by atoms with Crippen LogP contribution in [0.4, 0.5) is 18.9 Å². The highest BCUT2D eigenvalue weighted by Crippen LogP contribution is 2.29. The fourth-order valence-electron chi connectivity index (χ4n) is 1.08. The predicted molar refractivity (Wildman–Crippen MR) is 47.1 cm³/mol. The van der Waals surface area contributed by atoms with E-state index >= 15 is 0 Å². The van der Waals surface area contributed by atoms with Crippen LogP contribution in [0.2, 0.25) is 0 Å². The number of alkyl halides is 2. The van der Waals surface area contributed by atoms with Crippen LogP contribution >= 0.6 is 0 Å². The van der Waals surface area contributed by atoms with Crippen LogP contribution in [0.5, 0.6) is 0 Å². The Hall–Kier alpha value is -2.19. The molecule has 0 aromatic carbocycles. The Morgan fingerprint density at radius 3 is 2.59 bits per heavy atom. The number of ether oxygens (including phenoxy) is 1. The molecule has 0 unspecified atom stereocenters. The molecule has 0 aliphatic rings. The Morgan fingerprint density at radius 2 is 2.18 bits per heavy atom. The van der Waals surface area contributed by atoms with E-state index in [2.05, 4.69) is 9.72 Å². The molecule has 6 nitrogen and oxygen atoms in total. The molecule has 0 saturated heterocycles. The predicted octanol–water partition coefficient (Wildman–Crippen LogP) is 1.85. The van der Waals surface area contributed by atoms with E-state index in [-0.39, 0.29) is 0 Å². The molecule has 0 amide bonds. The maximum atomic E-state index is 13.3. The van der Waals surface area contributed by atoms with Crippen LogP contribution in [-0.4, -0.2) is 23.0 Å². The third kappa shape index (κ3) is 2.32. The molecule has 0 N–H and O–H groups in total. The summed E-state index contributed by atoms with van der Waals surface area (Å²) in [5, 5.41) is 10.5. The van der Waals surface area contributed by atoms with Crippen LogP contribution < -0.4 is 0 Å². The number of rotatable bonds is 3. The summed E-state index contributed by atoms with van der Waals surface area (Å²) in [6.07, 6.45) is -2.84. The highest BCUT2D eigenvalue weighted by molar-refractivity contribution is 5.93. The van der Waals surface area contributed by atoms with Crippen LogP contribution in [-0.2, 0) is 4.74 Å². The van der Waals surface area contributed by atoms with E-state index < -0.39 is 40.1 Å². The van der Waals surface area contributed by atoms with Crippen LogP contribution in [0, 0.1) is 15.9 Å². The number of nitro groups is 1. The lowest BCUT2D eigenvalue weighted by Gasteiger charge is -2.05. The zero-order valence-electron chi connectivity index (χ0n) is 8.32. The van der Waals surface area contributed by atoms with Crippen molar-refractivity contribution in [1.82, 2.24) is 4.98 Å². The number of methoxy groups -OCH3 is 1. The molecule has 0 bridgehead atoms. The largest absolute Gasteiger partial charge is 0.465 e. The van der Waals surface area contributed by atoms with E-state index in [0.717, 1.165) is 7.11 Å². The molecular weight excluding hydrogens is 245 g/mol. The van der Waals surface area contributed by atoms with Crippen molar-refractivity contribution in [3.63, 3.8) is 0 Å². The van der Waals surface area contributed by atoms with Crippen molar-refractivity contribution in [2.75, 3.05) is 7.11 Å². The van der Waals surface area contributed by atoms with Crippen molar-refractivity contribution in [3.8, 4) is 0 Å². The third-order valence-corrected chi connectivity index (χ3v) is 1.82. The lowest BCUT2D eigenvalue weighted by atomic mass is 10.2. The fraction of sp³-hybridized carbons (Fsp3) is 0.250. The molecular formula is C8H5F3N2O4. The monoisotopic (exact) mass is 250 g/mol. The molecule has 0 aliphatic carbocycles. The maximum Gasteiger partial charge on any atom is 0.346 e. The zero-order valence-corrected chi connectivity index (χ0v) is 8.32. The van der Waals surface area contributed by atoms with Gasteiger partial charge in [-0.25, -0.2) is 13.6 Å². The summed E-state index contributed by atoms with van der Waals surface area (Å²) in [5.41, 5.74) is -3.58. The Labute approximate surface area is 92.2 Å². The van der Waals surface area contributed by atoms with Gasteiger partial charge in [0.2, 0.25) is 5.82 Å². The lowest BCUT2D eigenvalue weighted by Crippen LogP contribution is -2.11. The number of hydrogen-bond acceptors (Lipinski definition) is 5. The van der Waals surface area contributed by atoms with Crippen molar-refractivity contribution in [1.29, 1.82) is 0 Å². The molecule has 0 aliphatic heterocycles. The molecule has 1 rings (SSSR count). The first-order valence-corrected chi connectivity index (χ1v) is 4.09. The number of carbonyl (C=O) groups is 1. The fourth-order valence-corrected chi connectivity index (χ4v) is 1.08. The third-order valence-electron chi connectivity index (χ3n) is 1.82. The van der Waals surface area contributed by atoms with E-state index in [0.29, 0.717) is 6.20 Å². The van der Waals surface area contributed by atoms with E-state index in [1.807, 2.05) is 0 Å². The summed E-state index contributed by atoms with van der Waals surface area (Å²) in [5.74, 6) is -3.07. The Kier molecular flexibility index (Phi) is 3.61. The van der Waals surface area contributed by atoms with Gasteiger partial charge in [-0.2, -0.15) is 4.39 Å². The summed E-state index contributed by atoms with van der Waals surface area (Å²) in [4.78, 5) is 23.3. The minimum absolute atomic E-state index is 0.481. The first-order chi connectivity index (χ1) is 7.90.